The largest absolute Gasteiger partial charge is 0.394 e. The van der Waals surface area contributed by atoms with Gasteiger partial charge in [0.05, 0.1) is 29.2 Å². The van der Waals surface area contributed by atoms with E-state index in [4.69, 9.17) is 0 Å². The highest BCUT2D eigenvalue weighted by molar-refractivity contribution is 9.09. The van der Waals surface area contributed by atoms with E-state index in [0.29, 0.717) is 32.5 Å². The number of likely N-dealkylation sites (tertiary alicyclic amines) is 1. The first kappa shape index (κ1) is 28.3. The highest BCUT2D eigenvalue weighted by atomic mass is 79.9. The smallest absolute Gasteiger partial charge is 0.247 e. The number of carbonyl (C=O) groups is 3. The normalized spacial score (nSPS) is 32.0. The van der Waals surface area contributed by atoms with Gasteiger partial charge in [0, 0.05) is 35.8 Å². The first-order valence-corrected chi connectivity index (χ1v) is 14.5. The molecule has 196 valence electrons. The number of alkyl halides is 1. The molecule has 0 aliphatic carbocycles. The zero-order valence-corrected chi connectivity index (χ0v) is 23.8. The lowest BCUT2D eigenvalue weighted by Gasteiger charge is -2.41. The van der Waals surface area contributed by atoms with Gasteiger partial charge in [0.15, 0.2) is 0 Å². The van der Waals surface area contributed by atoms with Crippen molar-refractivity contribution in [3.8, 4) is 0 Å². The summed E-state index contributed by atoms with van der Waals surface area (Å²) in [5.41, 5.74) is 0. The molecule has 3 aliphatic rings. The Morgan fingerprint density at radius 1 is 1.26 bits per heavy atom. The maximum absolute atomic E-state index is 14.2. The highest BCUT2D eigenvalue weighted by Crippen LogP contribution is 2.68. The quantitative estimate of drug-likeness (QED) is 0.288. The van der Waals surface area contributed by atoms with Crippen molar-refractivity contribution in [2.45, 2.75) is 79.9 Å². The first-order chi connectivity index (χ1) is 16.6. The van der Waals surface area contributed by atoms with E-state index < -0.39 is 28.7 Å². The van der Waals surface area contributed by atoms with E-state index in [1.54, 1.807) is 38.6 Å². The van der Waals surface area contributed by atoms with Crippen molar-refractivity contribution < 1.29 is 19.5 Å². The van der Waals surface area contributed by atoms with Crippen LogP contribution in [0.3, 0.4) is 0 Å². The lowest BCUT2D eigenvalue weighted by molar-refractivity contribution is -0.147. The molecule has 35 heavy (non-hydrogen) atoms. The SMILES string of the molecule is C=CCN(CCC)C(=O)[C@H]1[C@H]2C(=O)N([C@@H](CC)CO)C(C(=O)N(CC=C)C(C)C)C23CC(Br)[C@@H]1S3. The summed E-state index contributed by atoms with van der Waals surface area (Å²) >= 11 is 5.45. The summed E-state index contributed by atoms with van der Waals surface area (Å²) < 4.78 is -0.712. The molecule has 2 bridgehead atoms. The molecule has 7 nitrogen and oxygen atoms in total. The first-order valence-electron chi connectivity index (χ1n) is 12.7. The molecule has 1 N–H and O–H groups in total. The van der Waals surface area contributed by atoms with Crippen LogP contribution in [0.2, 0.25) is 0 Å². The molecule has 0 radical (unpaired) electrons. The summed E-state index contributed by atoms with van der Waals surface area (Å²) in [5, 5.41) is 10.1. The van der Waals surface area contributed by atoms with Crippen molar-refractivity contribution in [2.24, 2.45) is 11.8 Å². The third-order valence-corrected chi connectivity index (χ3v) is 10.9. The van der Waals surface area contributed by atoms with E-state index in [2.05, 4.69) is 29.1 Å². The van der Waals surface area contributed by atoms with E-state index in [1.165, 1.54) is 0 Å². The number of hydrogen-bond donors (Lipinski definition) is 1. The van der Waals surface area contributed by atoms with E-state index in [-0.39, 0.29) is 40.4 Å². The number of amides is 3. The maximum Gasteiger partial charge on any atom is 0.247 e. The molecule has 3 saturated heterocycles. The Morgan fingerprint density at radius 3 is 2.43 bits per heavy atom. The minimum absolute atomic E-state index is 0.0223. The third kappa shape index (κ3) is 4.61. The van der Waals surface area contributed by atoms with Gasteiger partial charge in [-0.3, -0.25) is 14.4 Å². The number of thioether (sulfide) groups is 1. The molecule has 0 aromatic rings. The number of nitrogens with zero attached hydrogens (tertiary/aromatic N) is 3. The zero-order valence-electron chi connectivity index (χ0n) is 21.4. The Labute approximate surface area is 222 Å². The number of hydrogen-bond acceptors (Lipinski definition) is 5. The van der Waals surface area contributed by atoms with Crippen molar-refractivity contribution in [2.75, 3.05) is 26.2 Å². The molecule has 0 aromatic heterocycles. The van der Waals surface area contributed by atoms with Crippen LogP contribution in [0.1, 0.15) is 47.0 Å². The molecule has 0 aromatic carbocycles. The predicted octanol–water partition coefficient (Wildman–Crippen LogP) is 3.07. The lowest BCUT2D eigenvalue weighted by Crippen LogP contribution is -2.58. The Balaban J connectivity index is 2.13. The summed E-state index contributed by atoms with van der Waals surface area (Å²) in [5.74, 6) is -1.43. The lowest BCUT2D eigenvalue weighted by atomic mass is 9.70. The predicted molar refractivity (Wildman–Crippen MR) is 144 cm³/mol. The minimum Gasteiger partial charge on any atom is -0.394 e. The highest BCUT2D eigenvalue weighted by Gasteiger charge is 2.76. The van der Waals surface area contributed by atoms with E-state index in [1.807, 2.05) is 27.7 Å². The van der Waals surface area contributed by atoms with Crippen LogP contribution >= 0.6 is 27.7 Å². The summed E-state index contributed by atoms with van der Waals surface area (Å²) in [7, 11) is 0. The summed E-state index contributed by atoms with van der Waals surface area (Å²) in [6, 6.07) is -1.28. The second kappa shape index (κ2) is 11.4. The maximum atomic E-state index is 14.2. The third-order valence-electron chi connectivity index (χ3n) is 7.71. The van der Waals surface area contributed by atoms with Gasteiger partial charge in [0.25, 0.3) is 0 Å². The minimum atomic E-state index is -0.730. The molecular weight excluding hydrogens is 530 g/mol. The summed E-state index contributed by atoms with van der Waals surface area (Å²) in [6.45, 7) is 16.7. The van der Waals surface area contributed by atoms with Crippen molar-refractivity contribution >= 4 is 45.4 Å². The Morgan fingerprint density at radius 2 is 1.91 bits per heavy atom. The Bertz CT molecular complexity index is 850. The monoisotopic (exact) mass is 569 g/mol. The fraction of sp³-hybridized carbons (Fsp3) is 0.731. The number of carbonyl (C=O) groups excluding carboxylic acids is 3. The molecule has 0 saturated carbocycles. The Kier molecular flexibility index (Phi) is 9.19. The molecular formula is C26H40BrN3O4S. The second-order valence-electron chi connectivity index (χ2n) is 10.1. The molecule has 7 atom stereocenters. The van der Waals surface area contributed by atoms with Crippen LogP contribution in [-0.4, -0.2) is 96.7 Å². The van der Waals surface area contributed by atoms with E-state index in [0.717, 1.165) is 6.42 Å². The Hall–Kier alpha value is -1.32. The van der Waals surface area contributed by atoms with E-state index >= 15 is 0 Å². The van der Waals surface area contributed by atoms with Crippen LogP contribution in [0.25, 0.3) is 0 Å². The van der Waals surface area contributed by atoms with Crippen molar-refractivity contribution in [3.63, 3.8) is 0 Å². The van der Waals surface area contributed by atoms with Crippen LogP contribution in [0.15, 0.2) is 25.3 Å². The van der Waals surface area contributed by atoms with Gasteiger partial charge in [-0.25, -0.2) is 0 Å². The van der Waals surface area contributed by atoms with Gasteiger partial charge in [-0.05, 0) is 33.1 Å². The van der Waals surface area contributed by atoms with Gasteiger partial charge in [0.2, 0.25) is 17.7 Å². The van der Waals surface area contributed by atoms with Crippen molar-refractivity contribution in [1.29, 1.82) is 0 Å². The van der Waals surface area contributed by atoms with Gasteiger partial charge in [-0.15, -0.1) is 24.9 Å². The second-order valence-corrected chi connectivity index (χ2v) is 12.8. The van der Waals surface area contributed by atoms with Gasteiger partial charge >= 0.3 is 0 Å². The average Bonchev–Trinajstić information content (AvgIpc) is 3.41. The molecule has 3 unspecified atom stereocenters. The molecule has 9 heteroatoms. The summed E-state index contributed by atoms with van der Waals surface area (Å²) in [4.78, 5) is 47.4. The molecule has 1 spiro atoms. The topological polar surface area (TPSA) is 81.2 Å². The fourth-order valence-corrected chi connectivity index (χ4v) is 9.80. The number of rotatable bonds is 12. The van der Waals surface area contributed by atoms with Gasteiger partial charge in [-0.2, -0.15) is 0 Å². The van der Waals surface area contributed by atoms with Crippen LogP contribution in [-0.2, 0) is 14.4 Å². The van der Waals surface area contributed by atoms with Crippen LogP contribution in [0.5, 0.6) is 0 Å². The van der Waals surface area contributed by atoms with Crippen LogP contribution < -0.4 is 0 Å². The van der Waals surface area contributed by atoms with Crippen molar-refractivity contribution in [3.05, 3.63) is 25.3 Å². The number of aliphatic hydroxyl groups is 1. The molecule has 3 rings (SSSR count). The average molecular weight is 571 g/mol. The molecule has 3 fully saturated rings. The zero-order chi connectivity index (χ0) is 26.1. The van der Waals surface area contributed by atoms with Gasteiger partial charge < -0.3 is 19.8 Å². The van der Waals surface area contributed by atoms with Crippen LogP contribution in [0, 0.1) is 11.8 Å². The van der Waals surface area contributed by atoms with Gasteiger partial charge in [-0.1, -0.05) is 41.9 Å². The van der Waals surface area contributed by atoms with Gasteiger partial charge in [0.1, 0.15) is 6.04 Å². The van der Waals surface area contributed by atoms with E-state index in [9.17, 15) is 19.5 Å². The summed E-state index contributed by atoms with van der Waals surface area (Å²) in [6.07, 6.45) is 5.40. The molecule has 3 heterocycles. The number of aliphatic hydroxyl groups excluding tert-OH is 1. The van der Waals surface area contributed by atoms with Crippen LogP contribution in [0.4, 0.5) is 0 Å². The molecule has 3 aliphatic heterocycles. The standard InChI is InChI=1S/C26H40BrN3O4S/c1-7-11-28(12-8-2)23(32)19-20-24(33)30(17(10-4)15-31)22(25(34)29(13-9-3)16(5)6)26(20)14-18(27)21(19)35-26/h7,9,16-22,31H,1,3,8,10-15H2,2,4-6H3/t17-,18?,19-,20-,21-,22?,26?/m0/s1. The molecule has 3 amide bonds. The number of halogens is 1. The number of fused-ring (bicyclic) bond motifs is 1. The fourth-order valence-electron chi connectivity index (χ4n) is 6.22. The van der Waals surface area contributed by atoms with Crippen molar-refractivity contribution in [1.82, 2.24) is 14.7 Å².